The highest BCUT2D eigenvalue weighted by atomic mass is 16.5. The normalized spacial score (nSPS) is 9.94. The van der Waals surface area contributed by atoms with Crippen molar-refractivity contribution >= 4 is 11.8 Å². The molecule has 0 atom stereocenters. The highest BCUT2D eigenvalue weighted by Gasteiger charge is 2.07. The number of hydrogen-bond donors (Lipinski definition) is 2. The molecule has 5 nitrogen and oxygen atoms in total. The molecular formula is C13H18N2O3. The Morgan fingerprint density at radius 1 is 1.17 bits per heavy atom. The molecule has 0 heterocycles. The van der Waals surface area contributed by atoms with Crippen molar-refractivity contribution in [3.63, 3.8) is 0 Å². The second-order valence-corrected chi connectivity index (χ2v) is 4.10. The molecule has 1 rings (SSSR count). The van der Waals surface area contributed by atoms with Gasteiger partial charge < -0.3 is 4.74 Å². The summed E-state index contributed by atoms with van der Waals surface area (Å²) in [6, 6.07) is 9.24. The average molecular weight is 250 g/mol. The lowest BCUT2D eigenvalue weighted by molar-refractivity contribution is -0.130. The molecule has 0 radical (unpaired) electrons. The van der Waals surface area contributed by atoms with Crippen molar-refractivity contribution in [2.24, 2.45) is 5.92 Å². The lowest BCUT2D eigenvalue weighted by Gasteiger charge is -2.09. The van der Waals surface area contributed by atoms with Gasteiger partial charge in [-0.1, -0.05) is 32.0 Å². The van der Waals surface area contributed by atoms with Crippen molar-refractivity contribution in [2.75, 3.05) is 6.61 Å². The molecule has 0 bridgehead atoms. The van der Waals surface area contributed by atoms with Crippen LogP contribution in [0.15, 0.2) is 30.3 Å². The SMILES string of the molecule is CC(C)C(=O)NNC(=O)CCOc1ccccc1. The fourth-order valence-electron chi connectivity index (χ4n) is 1.12. The van der Waals surface area contributed by atoms with Crippen molar-refractivity contribution in [3.8, 4) is 5.75 Å². The van der Waals surface area contributed by atoms with E-state index in [4.69, 9.17) is 4.74 Å². The van der Waals surface area contributed by atoms with E-state index in [9.17, 15) is 9.59 Å². The minimum absolute atomic E-state index is 0.161. The number of ether oxygens (including phenoxy) is 1. The van der Waals surface area contributed by atoms with Gasteiger partial charge >= 0.3 is 0 Å². The van der Waals surface area contributed by atoms with Gasteiger partial charge in [-0.15, -0.1) is 0 Å². The van der Waals surface area contributed by atoms with Gasteiger partial charge in [-0.25, -0.2) is 0 Å². The lowest BCUT2D eigenvalue weighted by Crippen LogP contribution is -2.43. The maximum Gasteiger partial charge on any atom is 0.241 e. The summed E-state index contributed by atoms with van der Waals surface area (Å²) in [4.78, 5) is 22.5. The molecule has 0 aliphatic carbocycles. The Kier molecular flexibility index (Phi) is 5.70. The van der Waals surface area contributed by atoms with Gasteiger partial charge in [-0.2, -0.15) is 0 Å². The zero-order chi connectivity index (χ0) is 13.4. The van der Waals surface area contributed by atoms with E-state index < -0.39 is 0 Å². The van der Waals surface area contributed by atoms with Crippen LogP contribution in [-0.2, 0) is 9.59 Å². The summed E-state index contributed by atoms with van der Waals surface area (Å²) in [6.45, 7) is 3.77. The maximum atomic E-state index is 11.4. The Labute approximate surface area is 106 Å². The molecule has 0 saturated heterocycles. The largest absolute Gasteiger partial charge is 0.493 e. The number of hydrazine groups is 1. The number of benzene rings is 1. The van der Waals surface area contributed by atoms with Crippen LogP contribution in [0.4, 0.5) is 0 Å². The summed E-state index contributed by atoms with van der Waals surface area (Å²) in [7, 11) is 0. The molecule has 0 saturated carbocycles. The first-order chi connectivity index (χ1) is 8.59. The first-order valence-electron chi connectivity index (χ1n) is 5.86. The van der Waals surface area contributed by atoms with Gasteiger partial charge in [0.05, 0.1) is 13.0 Å². The highest BCUT2D eigenvalue weighted by Crippen LogP contribution is 2.08. The van der Waals surface area contributed by atoms with Crippen LogP contribution >= 0.6 is 0 Å². The summed E-state index contributed by atoms with van der Waals surface area (Å²) in [5, 5.41) is 0. The van der Waals surface area contributed by atoms with E-state index in [-0.39, 0.29) is 30.8 Å². The molecule has 1 aromatic carbocycles. The van der Waals surface area contributed by atoms with Gasteiger partial charge in [-0.05, 0) is 12.1 Å². The molecule has 0 aliphatic rings. The predicted octanol–water partition coefficient (Wildman–Crippen LogP) is 1.26. The third-order valence-corrected chi connectivity index (χ3v) is 2.19. The molecule has 1 aromatic rings. The predicted molar refractivity (Wildman–Crippen MR) is 67.7 cm³/mol. The molecule has 5 heteroatoms. The number of rotatable bonds is 5. The first-order valence-corrected chi connectivity index (χ1v) is 5.86. The smallest absolute Gasteiger partial charge is 0.241 e. The summed E-state index contributed by atoms with van der Waals surface area (Å²) >= 11 is 0. The Morgan fingerprint density at radius 2 is 1.83 bits per heavy atom. The van der Waals surface area contributed by atoms with Crippen molar-refractivity contribution < 1.29 is 14.3 Å². The number of carbonyl (C=O) groups excluding carboxylic acids is 2. The Bertz CT molecular complexity index is 390. The molecule has 0 unspecified atom stereocenters. The molecule has 18 heavy (non-hydrogen) atoms. The highest BCUT2D eigenvalue weighted by molar-refractivity contribution is 5.82. The number of carbonyl (C=O) groups is 2. The van der Waals surface area contributed by atoms with E-state index in [1.54, 1.807) is 13.8 Å². The molecule has 0 aliphatic heterocycles. The second kappa shape index (κ2) is 7.32. The van der Waals surface area contributed by atoms with E-state index in [2.05, 4.69) is 10.9 Å². The number of hydrogen-bond acceptors (Lipinski definition) is 3. The molecule has 0 spiro atoms. The topological polar surface area (TPSA) is 67.4 Å². The quantitative estimate of drug-likeness (QED) is 0.773. The third-order valence-electron chi connectivity index (χ3n) is 2.19. The maximum absolute atomic E-state index is 11.4. The van der Waals surface area contributed by atoms with Crippen LogP contribution in [0.3, 0.4) is 0 Å². The van der Waals surface area contributed by atoms with Crippen LogP contribution in [0, 0.1) is 5.92 Å². The number of para-hydroxylation sites is 1. The van der Waals surface area contributed by atoms with Crippen molar-refractivity contribution in [2.45, 2.75) is 20.3 Å². The van der Waals surface area contributed by atoms with Gasteiger partial charge in [0.25, 0.3) is 0 Å². The van der Waals surface area contributed by atoms with Crippen molar-refractivity contribution in [3.05, 3.63) is 30.3 Å². The first kappa shape index (κ1) is 14.0. The fourth-order valence-corrected chi connectivity index (χ4v) is 1.12. The molecule has 2 N–H and O–H groups in total. The fraction of sp³-hybridized carbons (Fsp3) is 0.385. The summed E-state index contributed by atoms with van der Waals surface area (Å²) < 4.78 is 5.36. The van der Waals surface area contributed by atoms with E-state index in [1.165, 1.54) is 0 Å². The van der Waals surface area contributed by atoms with Crippen molar-refractivity contribution in [1.82, 2.24) is 10.9 Å². The van der Waals surface area contributed by atoms with E-state index in [0.29, 0.717) is 0 Å². The average Bonchev–Trinajstić information content (AvgIpc) is 2.37. The van der Waals surface area contributed by atoms with Crippen LogP contribution < -0.4 is 15.6 Å². The Balaban J connectivity index is 2.16. The minimum Gasteiger partial charge on any atom is -0.493 e. The van der Waals surface area contributed by atoms with Crippen LogP contribution in [0.25, 0.3) is 0 Å². The van der Waals surface area contributed by atoms with Crippen LogP contribution in [0.2, 0.25) is 0 Å². The zero-order valence-electron chi connectivity index (χ0n) is 10.6. The monoisotopic (exact) mass is 250 g/mol. The van der Waals surface area contributed by atoms with Crippen LogP contribution in [0.5, 0.6) is 5.75 Å². The van der Waals surface area contributed by atoms with Gasteiger partial charge in [-0.3, -0.25) is 20.4 Å². The van der Waals surface area contributed by atoms with Gasteiger partial charge in [0, 0.05) is 5.92 Å². The molecule has 0 fully saturated rings. The summed E-state index contributed by atoms with van der Waals surface area (Å²) in [5.41, 5.74) is 4.67. The van der Waals surface area contributed by atoms with E-state index in [1.807, 2.05) is 30.3 Å². The standard InChI is InChI=1S/C13H18N2O3/c1-10(2)13(17)15-14-12(16)8-9-18-11-6-4-3-5-7-11/h3-7,10H,8-9H2,1-2H3,(H,14,16)(H,15,17). The Hall–Kier alpha value is -2.04. The number of amides is 2. The lowest BCUT2D eigenvalue weighted by atomic mass is 10.2. The van der Waals surface area contributed by atoms with E-state index in [0.717, 1.165) is 5.75 Å². The third kappa shape index (κ3) is 5.34. The van der Waals surface area contributed by atoms with Gasteiger partial charge in [0.2, 0.25) is 11.8 Å². The minimum atomic E-state index is -0.278. The van der Waals surface area contributed by atoms with Crippen molar-refractivity contribution in [1.29, 1.82) is 0 Å². The molecular weight excluding hydrogens is 232 g/mol. The van der Waals surface area contributed by atoms with E-state index >= 15 is 0 Å². The number of nitrogens with one attached hydrogen (secondary N) is 2. The van der Waals surface area contributed by atoms with Gasteiger partial charge in [0.15, 0.2) is 0 Å². The van der Waals surface area contributed by atoms with Gasteiger partial charge in [0.1, 0.15) is 5.75 Å². The molecule has 2 amide bonds. The van der Waals surface area contributed by atoms with Crippen LogP contribution in [0.1, 0.15) is 20.3 Å². The summed E-state index contributed by atoms with van der Waals surface area (Å²) in [6.07, 6.45) is 0.188. The molecule has 0 aromatic heterocycles. The zero-order valence-corrected chi connectivity index (χ0v) is 10.6. The van der Waals surface area contributed by atoms with Crippen LogP contribution in [-0.4, -0.2) is 18.4 Å². The Morgan fingerprint density at radius 3 is 2.44 bits per heavy atom. The molecule has 98 valence electrons. The summed E-state index contributed by atoms with van der Waals surface area (Å²) in [5.74, 6) is 0.0645. The second-order valence-electron chi connectivity index (χ2n) is 4.10.